The first-order valence-electron chi connectivity index (χ1n) is 6.98. The van der Waals surface area contributed by atoms with Gasteiger partial charge in [-0.05, 0) is 17.7 Å². The lowest BCUT2D eigenvalue weighted by atomic mass is 10.1. The number of benzene rings is 1. The average Bonchev–Trinajstić information content (AvgIpc) is 3.15. The van der Waals surface area contributed by atoms with Crippen LogP contribution in [0.15, 0.2) is 53.7 Å². The van der Waals surface area contributed by atoms with Crippen LogP contribution in [0.25, 0.3) is 28.0 Å². The van der Waals surface area contributed by atoms with Crippen molar-refractivity contribution in [2.75, 3.05) is 0 Å². The van der Waals surface area contributed by atoms with Crippen molar-refractivity contribution in [3.8, 4) is 22.4 Å². The fourth-order valence-electron chi connectivity index (χ4n) is 2.52. The van der Waals surface area contributed by atoms with Crippen LogP contribution in [-0.4, -0.2) is 24.4 Å². The molecule has 0 saturated carbocycles. The fourth-order valence-corrected chi connectivity index (χ4v) is 2.52. The first-order valence-corrected chi connectivity index (χ1v) is 6.98. The van der Waals surface area contributed by atoms with Crippen molar-refractivity contribution in [3.05, 3.63) is 65.1 Å². The standard InChI is InChI=1S/C16H12FN5O/c1-21-9-11(7-18-21)14-6-15(23)22-16(20-14)13(8-19-22)10-2-4-12(17)5-3-10/h2-9,19H,1H3. The molecule has 0 fully saturated rings. The molecule has 0 spiro atoms. The van der Waals surface area contributed by atoms with Crippen LogP contribution in [0.5, 0.6) is 0 Å². The predicted octanol–water partition coefficient (Wildman–Crippen LogP) is 2.23. The van der Waals surface area contributed by atoms with Crippen LogP contribution in [0.1, 0.15) is 0 Å². The summed E-state index contributed by atoms with van der Waals surface area (Å²) in [6.07, 6.45) is 5.13. The molecule has 0 aliphatic carbocycles. The third-order valence-electron chi connectivity index (χ3n) is 3.65. The fraction of sp³-hybridized carbons (Fsp3) is 0.0625. The minimum absolute atomic E-state index is 0.220. The zero-order chi connectivity index (χ0) is 16.0. The topological polar surface area (TPSA) is 68.0 Å². The number of nitrogens with zero attached hydrogens (tertiary/aromatic N) is 4. The number of hydrogen-bond acceptors (Lipinski definition) is 3. The van der Waals surface area contributed by atoms with E-state index in [-0.39, 0.29) is 11.4 Å². The van der Waals surface area contributed by atoms with E-state index in [0.29, 0.717) is 11.3 Å². The van der Waals surface area contributed by atoms with Crippen LogP contribution < -0.4 is 5.56 Å². The molecule has 7 heteroatoms. The SMILES string of the molecule is Cn1cc(-c2cc(=O)n3[nH]cc(-c4ccc(F)cc4)c3n2)cn1. The Morgan fingerprint density at radius 3 is 2.65 bits per heavy atom. The second-order valence-corrected chi connectivity index (χ2v) is 5.24. The summed E-state index contributed by atoms with van der Waals surface area (Å²) in [5.74, 6) is -0.310. The second-order valence-electron chi connectivity index (χ2n) is 5.24. The largest absolute Gasteiger partial charge is 0.296 e. The number of aromatic nitrogens is 5. The van der Waals surface area contributed by atoms with Crippen molar-refractivity contribution in [2.45, 2.75) is 0 Å². The Kier molecular flexibility index (Phi) is 2.87. The van der Waals surface area contributed by atoms with E-state index >= 15 is 0 Å². The van der Waals surface area contributed by atoms with Crippen LogP contribution in [0.4, 0.5) is 4.39 Å². The van der Waals surface area contributed by atoms with Gasteiger partial charge in [-0.15, -0.1) is 0 Å². The van der Waals surface area contributed by atoms with Gasteiger partial charge < -0.3 is 0 Å². The second kappa shape index (κ2) is 4.91. The zero-order valence-electron chi connectivity index (χ0n) is 12.2. The molecule has 3 heterocycles. The summed E-state index contributed by atoms with van der Waals surface area (Å²) in [7, 11) is 1.80. The lowest BCUT2D eigenvalue weighted by molar-refractivity contribution is 0.628. The molecule has 1 aromatic carbocycles. The molecule has 0 aliphatic rings. The van der Waals surface area contributed by atoms with Crippen LogP contribution in [0, 0.1) is 5.82 Å². The molecular weight excluding hydrogens is 297 g/mol. The molecule has 0 bridgehead atoms. The normalized spacial score (nSPS) is 11.2. The summed E-state index contributed by atoms with van der Waals surface area (Å²) in [6, 6.07) is 7.52. The smallest absolute Gasteiger partial charge is 0.273 e. The predicted molar refractivity (Wildman–Crippen MR) is 83.4 cm³/mol. The quantitative estimate of drug-likeness (QED) is 0.617. The zero-order valence-corrected chi connectivity index (χ0v) is 12.2. The summed E-state index contributed by atoms with van der Waals surface area (Å²) < 4.78 is 16.1. The number of fused-ring (bicyclic) bond motifs is 1. The molecule has 0 atom stereocenters. The van der Waals surface area contributed by atoms with Crippen molar-refractivity contribution in [3.63, 3.8) is 0 Å². The molecule has 0 unspecified atom stereocenters. The van der Waals surface area contributed by atoms with E-state index in [4.69, 9.17) is 0 Å². The van der Waals surface area contributed by atoms with Gasteiger partial charge >= 0.3 is 0 Å². The Bertz CT molecular complexity index is 1060. The molecule has 4 aromatic rings. The van der Waals surface area contributed by atoms with Crippen LogP contribution >= 0.6 is 0 Å². The Morgan fingerprint density at radius 1 is 1.17 bits per heavy atom. The van der Waals surface area contributed by atoms with Crippen LogP contribution in [0.2, 0.25) is 0 Å². The number of aryl methyl sites for hydroxylation is 1. The monoisotopic (exact) mass is 309 g/mol. The maximum Gasteiger partial charge on any atom is 0.273 e. The van der Waals surface area contributed by atoms with Gasteiger partial charge in [0.15, 0.2) is 5.65 Å². The van der Waals surface area contributed by atoms with Gasteiger partial charge in [-0.25, -0.2) is 13.9 Å². The minimum Gasteiger partial charge on any atom is -0.296 e. The van der Waals surface area contributed by atoms with E-state index in [2.05, 4.69) is 15.2 Å². The minimum atomic E-state index is -0.310. The van der Waals surface area contributed by atoms with Crippen LogP contribution in [0.3, 0.4) is 0 Å². The van der Waals surface area contributed by atoms with Gasteiger partial charge in [0, 0.05) is 36.6 Å². The third kappa shape index (κ3) is 2.22. The Balaban J connectivity index is 1.95. The molecule has 6 nitrogen and oxygen atoms in total. The lowest BCUT2D eigenvalue weighted by Gasteiger charge is -2.01. The summed E-state index contributed by atoms with van der Waals surface area (Å²) in [5, 5.41) is 6.98. The molecule has 3 aromatic heterocycles. The molecule has 0 saturated heterocycles. The first-order chi connectivity index (χ1) is 11.1. The van der Waals surface area contributed by atoms with Gasteiger partial charge in [0.05, 0.1) is 11.9 Å². The average molecular weight is 309 g/mol. The lowest BCUT2D eigenvalue weighted by Crippen LogP contribution is -2.14. The number of H-pyrrole nitrogens is 1. The molecule has 0 aliphatic heterocycles. The maximum atomic E-state index is 13.1. The van der Waals surface area contributed by atoms with E-state index in [1.165, 1.54) is 22.7 Å². The van der Waals surface area contributed by atoms with Crippen molar-refractivity contribution in [1.82, 2.24) is 24.4 Å². The Morgan fingerprint density at radius 2 is 1.96 bits per heavy atom. The van der Waals surface area contributed by atoms with Gasteiger partial charge in [-0.2, -0.15) is 5.10 Å². The molecular formula is C16H12FN5O. The number of nitrogens with one attached hydrogen (secondary N) is 1. The van der Waals surface area contributed by atoms with Gasteiger partial charge in [-0.1, -0.05) is 12.1 Å². The summed E-state index contributed by atoms with van der Waals surface area (Å²) in [4.78, 5) is 16.8. The van der Waals surface area contributed by atoms with Crippen molar-refractivity contribution >= 4 is 5.65 Å². The van der Waals surface area contributed by atoms with E-state index in [1.54, 1.807) is 42.5 Å². The molecule has 0 radical (unpaired) electrons. The van der Waals surface area contributed by atoms with Gasteiger partial charge in [0.2, 0.25) is 0 Å². The molecule has 114 valence electrons. The first kappa shape index (κ1) is 13.4. The molecule has 23 heavy (non-hydrogen) atoms. The van der Waals surface area contributed by atoms with E-state index in [9.17, 15) is 9.18 Å². The number of hydrogen-bond donors (Lipinski definition) is 1. The summed E-state index contributed by atoms with van der Waals surface area (Å²) >= 11 is 0. The number of rotatable bonds is 2. The highest BCUT2D eigenvalue weighted by Gasteiger charge is 2.12. The molecule has 1 N–H and O–H groups in total. The summed E-state index contributed by atoms with van der Waals surface area (Å²) in [6.45, 7) is 0. The van der Waals surface area contributed by atoms with Gasteiger partial charge in [-0.3, -0.25) is 14.6 Å². The maximum absolute atomic E-state index is 13.1. The Hall–Kier alpha value is -3.22. The highest BCUT2D eigenvalue weighted by atomic mass is 19.1. The summed E-state index contributed by atoms with van der Waals surface area (Å²) in [5.41, 5.74) is 3.09. The highest BCUT2D eigenvalue weighted by Crippen LogP contribution is 2.24. The van der Waals surface area contributed by atoms with Crippen molar-refractivity contribution in [2.24, 2.45) is 7.05 Å². The molecule has 0 amide bonds. The van der Waals surface area contributed by atoms with Crippen LogP contribution in [-0.2, 0) is 7.05 Å². The number of halogens is 1. The van der Waals surface area contributed by atoms with Gasteiger partial charge in [0.1, 0.15) is 5.82 Å². The van der Waals surface area contributed by atoms with E-state index in [0.717, 1.165) is 16.7 Å². The molecule has 4 rings (SSSR count). The van der Waals surface area contributed by atoms with Crippen molar-refractivity contribution < 1.29 is 4.39 Å². The third-order valence-corrected chi connectivity index (χ3v) is 3.65. The Labute approximate surface area is 129 Å². The van der Waals surface area contributed by atoms with Gasteiger partial charge in [0.25, 0.3) is 5.56 Å². The van der Waals surface area contributed by atoms with E-state index < -0.39 is 0 Å². The van der Waals surface area contributed by atoms with E-state index in [1.807, 2.05) is 0 Å². The highest BCUT2D eigenvalue weighted by molar-refractivity contribution is 5.78. The van der Waals surface area contributed by atoms with Crippen molar-refractivity contribution in [1.29, 1.82) is 0 Å². The number of aromatic amines is 1.